The standard InChI is InChI=1S/C11H19N5O3S/c1-9-10(7-13-14-9)20(18,19)16-4-2-3-15(5-6-16)8-11(12)17/h7H,2-6,8H2,1H3,(H2,12,17)(H,13,14). The van der Waals surface area contributed by atoms with Crippen molar-refractivity contribution in [2.45, 2.75) is 18.2 Å². The number of primary amides is 1. The minimum atomic E-state index is -3.53. The molecule has 9 heteroatoms. The van der Waals surface area contributed by atoms with Crippen molar-refractivity contribution in [2.75, 3.05) is 32.7 Å². The average molecular weight is 301 g/mol. The molecule has 0 unspecified atom stereocenters. The molecule has 0 atom stereocenters. The second-order valence-electron chi connectivity index (χ2n) is 4.86. The van der Waals surface area contributed by atoms with Gasteiger partial charge in [0.25, 0.3) is 0 Å². The minimum absolute atomic E-state index is 0.165. The lowest BCUT2D eigenvalue weighted by atomic mass is 10.4. The van der Waals surface area contributed by atoms with Gasteiger partial charge >= 0.3 is 0 Å². The lowest BCUT2D eigenvalue weighted by molar-refractivity contribution is -0.119. The summed E-state index contributed by atoms with van der Waals surface area (Å²) in [5, 5.41) is 6.40. The fourth-order valence-electron chi connectivity index (χ4n) is 2.30. The van der Waals surface area contributed by atoms with Gasteiger partial charge in [-0.25, -0.2) is 8.42 Å². The van der Waals surface area contributed by atoms with Gasteiger partial charge in [0.1, 0.15) is 4.90 Å². The Labute approximate surface area is 118 Å². The Balaban J connectivity index is 2.11. The fourth-order valence-corrected chi connectivity index (χ4v) is 3.89. The number of hydrogen-bond donors (Lipinski definition) is 2. The third-order valence-electron chi connectivity index (χ3n) is 3.33. The first-order valence-electron chi connectivity index (χ1n) is 6.42. The molecular formula is C11H19N5O3S. The van der Waals surface area contributed by atoms with E-state index in [2.05, 4.69) is 10.2 Å². The highest BCUT2D eigenvalue weighted by Gasteiger charge is 2.29. The fraction of sp³-hybridized carbons (Fsp3) is 0.636. The van der Waals surface area contributed by atoms with Crippen molar-refractivity contribution in [3.63, 3.8) is 0 Å². The number of aromatic nitrogens is 2. The lowest BCUT2D eigenvalue weighted by Gasteiger charge is -2.20. The Hall–Kier alpha value is -1.45. The van der Waals surface area contributed by atoms with E-state index in [0.29, 0.717) is 38.3 Å². The molecule has 1 amide bonds. The van der Waals surface area contributed by atoms with Crippen molar-refractivity contribution in [1.82, 2.24) is 19.4 Å². The number of hydrogen-bond acceptors (Lipinski definition) is 5. The predicted molar refractivity (Wildman–Crippen MR) is 72.3 cm³/mol. The molecule has 0 aliphatic carbocycles. The topological polar surface area (TPSA) is 112 Å². The molecule has 1 aliphatic heterocycles. The molecule has 0 spiro atoms. The van der Waals surface area contributed by atoms with Crippen LogP contribution in [-0.2, 0) is 14.8 Å². The summed E-state index contributed by atoms with van der Waals surface area (Å²) in [5.41, 5.74) is 5.70. The van der Waals surface area contributed by atoms with Crippen LogP contribution in [0.15, 0.2) is 11.1 Å². The molecule has 1 fully saturated rings. The first-order chi connectivity index (χ1) is 9.41. The van der Waals surface area contributed by atoms with E-state index < -0.39 is 15.9 Å². The third-order valence-corrected chi connectivity index (χ3v) is 5.34. The number of aromatic amines is 1. The molecule has 0 saturated carbocycles. The summed E-state index contributed by atoms with van der Waals surface area (Å²) < 4.78 is 26.4. The number of aryl methyl sites for hydroxylation is 1. The van der Waals surface area contributed by atoms with Gasteiger partial charge in [0.15, 0.2) is 0 Å². The van der Waals surface area contributed by atoms with E-state index >= 15 is 0 Å². The highest BCUT2D eigenvalue weighted by Crippen LogP contribution is 2.19. The van der Waals surface area contributed by atoms with E-state index in [9.17, 15) is 13.2 Å². The molecule has 112 valence electrons. The van der Waals surface area contributed by atoms with Crippen LogP contribution in [0.5, 0.6) is 0 Å². The van der Waals surface area contributed by atoms with Gasteiger partial charge in [-0.3, -0.25) is 14.8 Å². The van der Waals surface area contributed by atoms with Crippen molar-refractivity contribution >= 4 is 15.9 Å². The second-order valence-corrected chi connectivity index (χ2v) is 6.77. The number of sulfonamides is 1. The van der Waals surface area contributed by atoms with Crippen LogP contribution in [0.1, 0.15) is 12.1 Å². The van der Waals surface area contributed by atoms with E-state index in [1.54, 1.807) is 6.92 Å². The number of nitrogens with one attached hydrogen (secondary N) is 1. The maximum atomic E-state index is 12.5. The SMILES string of the molecule is Cc1[nH]ncc1S(=O)(=O)N1CCCN(CC(N)=O)CC1. The van der Waals surface area contributed by atoms with Gasteiger partial charge in [0.05, 0.1) is 18.4 Å². The minimum Gasteiger partial charge on any atom is -0.369 e. The normalized spacial score (nSPS) is 18.9. The second kappa shape index (κ2) is 5.90. The van der Waals surface area contributed by atoms with Crippen LogP contribution < -0.4 is 5.73 Å². The summed E-state index contributed by atoms with van der Waals surface area (Å²) in [5.74, 6) is -0.396. The predicted octanol–water partition coefficient (Wildman–Crippen LogP) is -1.10. The van der Waals surface area contributed by atoms with Crippen molar-refractivity contribution in [2.24, 2.45) is 5.73 Å². The Kier molecular flexibility index (Phi) is 4.41. The van der Waals surface area contributed by atoms with Crippen molar-refractivity contribution in [3.8, 4) is 0 Å². The maximum absolute atomic E-state index is 12.5. The zero-order valence-corrected chi connectivity index (χ0v) is 12.2. The summed E-state index contributed by atoms with van der Waals surface area (Å²) in [7, 11) is -3.53. The van der Waals surface area contributed by atoms with Crippen molar-refractivity contribution < 1.29 is 13.2 Å². The van der Waals surface area contributed by atoms with Crippen LogP contribution in [0.3, 0.4) is 0 Å². The molecule has 0 bridgehead atoms. The van der Waals surface area contributed by atoms with Gasteiger partial charge in [-0.15, -0.1) is 0 Å². The lowest BCUT2D eigenvalue weighted by Crippen LogP contribution is -2.38. The summed E-state index contributed by atoms with van der Waals surface area (Å²) in [4.78, 5) is 13.0. The monoisotopic (exact) mass is 301 g/mol. The molecule has 0 aromatic carbocycles. The highest BCUT2D eigenvalue weighted by molar-refractivity contribution is 7.89. The Morgan fingerprint density at radius 1 is 1.40 bits per heavy atom. The summed E-state index contributed by atoms with van der Waals surface area (Å²) in [6.45, 7) is 3.79. The van der Waals surface area contributed by atoms with Gasteiger partial charge in [-0.1, -0.05) is 0 Å². The Morgan fingerprint density at radius 2 is 2.15 bits per heavy atom. The smallest absolute Gasteiger partial charge is 0.246 e. The molecule has 0 radical (unpaired) electrons. The zero-order valence-electron chi connectivity index (χ0n) is 11.4. The maximum Gasteiger partial charge on any atom is 0.246 e. The molecule has 8 nitrogen and oxygen atoms in total. The van der Waals surface area contributed by atoms with Crippen molar-refractivity contribution in [3.05, 3.63) is 11.9 Å². The van der Waals surface area contributed by atoms with E-state index in [1.807, 2.05) is 4.90 Å². The molecule has 1 aromatic rings. The molecular weight excluding hydrogens is 282 g/mol. The van der Waals surface area contributed by atoms with Crippen LogP contribution in [0, 0.1) is 6.92 Å². The van der Waals surface area contributed by atoms with Crippen LogP contribution in [-0.4, -0.2) is 66.5 Å². The van der Waals surface area contributed by atoms with Crippen LogP contribution in [0.25, 0.3) is 0 Å². The molecule has 20 heavy (non-hydrogen) atoms. The van der Waals surface area contributed by atoms with Gasteiger partial charge in [-0.2, -0.15) is 9.40 Å². The van der Waals surface area contributed by atoms with Gasteiger partial charge in [-0.05, 0) is 19.9 Å². The van der Waals surface area contributed by atoms with Crippen molar-refractivity contribution in [1.29, 1.82) is 0 Å². The quantitative estimate of drug-likeness (QED) is 0.733. The van der Waals surface area contributed by atoms with Crippen LogP contribution in [0.2, 0.25) is 0 Å². The molecule has 1 aromatic heterocycles. The number of amides is 1. The Bertz CT molecular complexity index is 583. The van der Waals surface area contributed by atoms with E-state index in [0.717, 1.165) is 0 Å². The van der Waals surface area contributed by atoms with E-state index in [-0.39, 0.29) is 11.4 Å². The number of nitrogens with zero attached hydrogens (tertiary/aromatic N) is 3. The molecule has 2 rings (SSSR count). The summed E-state index contributed by atoms with van der Waals surface area (Å²) >= 11 is 0. The first-order valence-corrected chi connectivity index (χ1v) is 7.86. The number of carbonyl (C=O) groups is 1. The van der Waals surface area contributed by atoms with Crippen LogP contribution in [0.4, 0.5) is 0 Å². The first kappa shape index (κ1) is 14.9. The van der Waals surface area contributed by atoms with E-state index in [4.69, 9.17) is 5.73 Å². The van der Waals surface area contributed by atoms with Gasteiger partial charge in [0.2, 0.25) is 15.9 Å². The number of rotatable bonds is 4. The van der Waals surface area contributed by atoms with E-state index in [1.165, 1.54) is 10.5 Å². The highest BCUT2D eigenvalue weighted by atomic mass is 32.2. The zero-order chi connectivity index (χ0) is 14.8. The van der Waals surface area contributed by atoms with Gasteiger partial charge < -0.3 is 5.73 Å². The van der Waals surface area contributed by atoms with Crippen LogP contribution >= 0.6 is 0 Å². The summed E-state index contributed by atoms with van der Waals surface area (Å²) in [6.07, 6.45) is 2.00. The molecule has 1 aliphatic rings. The Morgan fingerprint density at radius 3 is 2.75 bits per heavy atom. The summed E-state index contributed by atoms with van der Waals surface area (Å²) in [6, 6.07) is 0. The molecule has 2 heterocycles. The number of nitrogens with two attached hydrogens (primary N) is 1. The average Bonchev–Trinajstić information content (AvgIpc) is 2.65. The van der Waals surface area contributed by atoms with Gasteiger partial charge in [0, 0.05) is 19.6 Å². The molecule has 3 N–H and O–H groups in total. The largest absolute Gasteiger partial charge is 0.369 e. The third kappa shape index (κ3) is 3.17. The number of H-pyrrole nitrogens is 1. The molecule has 1 saturated heterocycles. The number of carbonyl (C=O) groups excluding carboxylic acids is 1.